The molecular formula is C15H23ClFNS. The van der Waals surface area contributed by atoms with Gasteiger partial charge in [0.2, 0.25) is 0 Å². The van der Waals surface area contributed by atoms with Gasteiger partial charge < -0.3 is 5.32 Å². The van der Waals surface area contributed by atoms with Crippen molar-refractivity contribution in [3.05, 3.63) is 34.6 Å². The van der Waals surface area contributed by atoms with E-state index in [0.717, 1.165) is 12.1 Å². The Balaban J connectivity index is 2.20. The quantitative estimate of drug-likeness (QED) is 0.640. The number of hydrogen-bond donors (Lipinski definition) is 1. The maximum Gasteiger partial charge on any atom is 0.141 e. The van der Waals surface area contributed by atoms with E-state index in [2.05, 4.69) is 18.5 Å². The van der Waals surface area contributed by atoms with Crippen molar-refractivity contribution < 1.29 is 4.39 Å². The van der Waals surface area contributed by atoms with Gasteiger partial charge in [0.25, 0.3) is 0 Å². The van der Waals surface area contributed by atoms with Gasteiger partial charge in [0.15, 0.2) is 0 Å². The summed E-state index contributed by atoms with van der Waals surface area (Å²) in [4.78, 5) is 0. The van der Waals surface area contributed by atoms with Gasteiger partial charge in [-0.15, -0.1) is 0 Å². The highest BCUT2D eigenvalue weighted by atomic mass is 35.5. The van der Waals surface area contributed by atoms with Crippen LogP contribution < -0.4 is 5.32 Å². The number of unbranched alkanes of at least 4 members (excludes halogenated alkanes) is 3. The molecule has 0 spiro atoms. The number of hydrogen-bond acceptors (Lipinski definition) is 2. The maximum atomic E-state index is 13.1. The zero-order valence-electron chi connectivity index (χ0n) is 11.7. The molecule has 0 heterocycles. The molecule has 19 heavy (non-hydrogen) atoms. The molecule has 0 fully saturated rings. The normalized spacial score (nSPS) is 12.6. The molecule has 1 rings (SSSR count). The van der Waals surface area contributed by atoms with Crippen LogP contribution in [0, 0.1) is 5.82 Å². The molecule has 1 aromatic carbocycles. The fraction of sp³-hybridized carbons (Fsp3) is 0.600. The zero-order valence-corrected chi connectivity index (χ0v) is 13.3. The summed E-state index contributed by atoms with van der Waals surface area (Å²) in [6.45, 7) is 3.08. The van der Waals surface area contributed by atoms with Gasteiger partial charge in [-0.1, -0.05) is 30.5 Å². The van der Waals surface area contributed by atoms with Crippen molar-refractivity contribution in [1.29, 1.82) is 0 Å². The van der Waals surface area contributed by atoms with Gasteiger partial charge in [-0.3, -0.25) is 0 Å². The third kappa shape index (κ3) is 6.64. The summed E-state index contributed by atoms with van der Waals surface area (Å²) in [5.41, 5.74) is 1.04. The lowest BCUT2D eigenvalue weighted by Crippen LogP contribution is -2.19. The van der Waals surface area contributed by atoms with E-state index in [9.17, 15) is 4.39 Å². The van der Waals surface area contributed by atoms with Crippen LogP contribution in [0.15, 0.2) is 18.2 Å². The molecule has 0 aliphatic carbocycles. The Morgan fingerprint density at radius 2 is 2.00 bits per heavy atom. The molecule has 0 radical (unpaired) electrons. The van der Waals surface area contributed by atoms with Crippen molar-refractivity contribution in [2.45, 2.75) is 38.6 Å². The minimum absolute atomic E-state index is 0.197. The van der Waals surface area contributed by atoms with Crippen LogP contribution in [0.2, 0.25) is 5.02 Å². The van der Waals surface area contributed by atoms with Crippen molar-refractivity contribution in [1.82, 2.24) is 5.32 Å². The van der Waals surface area contributed by atoms with Crippen LogP contribution in [0.5, 0.6) is 0 Å². The Bertz CT molecular complexity index is 373. The topological polar surface area (TPSA) is 12.0 Å². The van der Waals surface area contributed by atoms with Crippen LogP contribution in [0.25, 0.3) is 0 Å². The second kappa shape index (κ2) is 9.62. The van der Waals surface area contributed by atoms with Crippen LogP contribution in [-0.2, 0) is 0 Å². The van der Waals surface area contributed by atoms with Crippen LogP contribution in [0.4, 0.5) is 4.39 Å². The standard InChI is InChI=1S/C15H23ClFNS/c1-12(13-7-8-15(17)14(16)11-13)18-9-5-3-4-6-10-19-2/h7-8,11-12,18H,3-6,9-10H2,1-2H3. The Morgan fingerprint density at radius 3 is 2.68 bits per heavy atom. The number of nitrogens with one attached hydrogen (secondary N) is 1. The van der Waals surface area contributed by atoms with Gasteiger partial charge >= 0.3 is 0 Å². The second-order valence-corrected chi connectivity index (χ2v) is 6.15. The molecule has 0 aromatic heterocycles. The third-order valence-electron chi connectivity index (χ3n) is 3.17. The molecule has 0 amide bonds. The van der Waals surface area contributed by atoms with E-state index in [0.29, 0.717) is 0 Å². The first kappa shape index (κ1) is 16.8. The Hall–Kier alpha value is -0.250. The van der Waals surface area contributed by atoms with Gasteiger partial charge in [0.1, 0.15) is 5.82 Å². The van der Waals surface area contributed by atoms with E-state index in [1.807, 2.05) is 11.8 Å². The van der Waals surface area contributed by atoms with Crippen molar-refractivity contribution in [3.8, 4) is 0 Å². The number of halogens is 2. The highest BCUT2D eigenvalue weighted by Crippen LogP contribution is 2.20. The largest absolute Gasteiger partial charge is 0.310 e. The smallest absolute Gasteiger partial charge is 0.141 e. The summed E-state index contributed by atoms with van der Waals surface area (Å²) in [5, 5.41) is 3.65. The first-order chi connectivity index (χ1) is 9.15. The molecular weight excluding hydrogens is 281 g/mol. The van der Waals surface area contributed by atoms with E-state index >= 15 is 0 Å². The zero-order chi connectivity index (χ0) is 14.1. The summed E-state index contributed by atoms with van der Waals surface area (Å²) in [6.07, 6.45) is 7.22. The summed E-state index contributed by atoms with van der Waals surface area (Å²) in [5.74, 6) is 0.907. The minimum atomic E-state index is -0.355. The lowest BCUT2D eigenvalue weighted by molar-refractivity contribution is 0.536. The van der Waals surface area contributed by atoms with Crippen LogP contribution >= 0.6 is 23.4 Å². The highest BCUT2D eigenvalue weighted by molar-refractivity contribution is 7.98. The monoisotopic (exact) mass is 303 g/mol. The van der Waals surface area contributed by atoms with Gasteiger partial charge in [-0.2, -0.15) is 11.8 Å². The van der Waals surface area contributed by atoms with E-state index in [-0.39, 0.29) is 16.9 Å². The van der Waals surface area contributed by atoms with Crippen molar-refractivity contribution >= 4 is 23.4 Å². The average Bonchev–Trinajstić information content (AvgIpc) is 2.40. The molecule has 0 aliphatic heterocycles. The first-order valence-corrected chi connectivity index (χ1v) is 8.59. The maximum absolute atomic E-state index is 13.1. The van der Waals surface area contributed by atoms with E-state index in [1.165, 1.54) is 37.5 Å². The van der Waals surface area contributed by atoms with E-state index in [4.69, 9.17) is 11.6 Å². The molecule has 1 nitrogen and oxygen atoms in total. The number of benzene rings is 1. The van der Waals surface area contributed by atoms with E-state index < -0.39 is 0 Å². The summed E-state index contributed by atoms with van der Waals surface area (Å²) >= 11 is 7.70. The van der Waals surface area contributed by atoms with Gasteiger partial charge in [-0.05, 0) is 56.0 Å². The predicted octanol–water partition coefficient (Wildman–Crippen LogP) is 5.05. The second-order valence-electron chi connectivity index (χ2n) is 4.76. The van der Waals surface area contributed by atoms with Crippen LogP contribution in [0.3, 0.4) is 0 Å². The fourth-order valence-electron chi connectivity index (χ4n) is 1.94. The van der Waals surface area contributed by atoms with Crippen LogP contribution in [0.1, 0.15) is 44.2 Å². The predicted molar refractivity (Wildman–Crippen MR) is 84.7 cm³/mol. The van der Waals surface area contributed by atoms with Gasteiger partial charge in [-0.25, -0.2) is 4.39 Å². The van der Waals surface area contributed by atoms with Crippen molar-refractivity contribution in [3.63, 3.8) is 0 Å². The van der Waals surface area contributed by atoms with Gasteiger partial charge in [0.05, 0.1) is 5.02 Å². The molecule has 1 N–H and O–H groups in total. The molecule has 1 unspecified atom stereocenters. The SMILES string of the molecule is CSCCCCCCNC(C)c1ccc(F)c(Cl)c1. The van der Waals surface area contributed by atoms with Gasteiger partial charge in [0, 0.05) is 6.04 Å². The Kier molecular flexibility index (Phi) is 8.51. The van der Waals surface area contributed by atoms with E-state index in [1.54, 1.807) is 12.1 Å². The number of thioether (sulfide) groups is 1. The Morgan fingerprint density at radius 1 is 1.26 bits per heavy atom. The molecule has 1 atom stereocenters. The molecule has 0 aliphatic rings. The molecule has 4 heteroatoms. The fourth-order valence-corrected chi connectivity index (χ4v) is 2.62. The lowest BCUT2D eigenvalue weighted by Gasteiger charge is -2.14. The summed E-state index contributed by atoms with van der Waals surface area (Å²) in [7, 11) is 0. The summed E-state index contributed by atoms with van der Waals surface area (Å²) in [6, 6.07) is 5.13. The molecule has 1 aromatic rings. The third-order valence-corrected chi connectivity index (χ3v) is 4.16. The number of rotatable bonds is 9. The lowest BCUT2D eigenvalue weighted by atomic mass is 10.1. The van der Waals surface area contributed by atoms with Crippen molar-refractivity contribution in [2.75, 3.05) is 18.6 Å². The molecule has 0 bridgehead atoms. The minimum Gasteiger partial charge on any atom is -0.310 e. The molecule has 0 saturated carbocycles. The highest BCUT2D eigenvalue weighted by Gasteiger charge is 2.07. The first-order valence-electron chi connectivity index (χ1n) is 6.82. The molecule has 108 valence electrons. The average molecular weight is 304 g/mol. The molecule has 0 saturated heterocycles. The Labute approximate surface area is 125 Å². The summed E-state index contributed by atoms with van der Waals surface area (Å²) < 4.78 is 13.1. The van der Waals surface area contributed by atoms with Crippen LogP contribution in [-0.4, -0.2) is 18.6 Å². The van der Waals surface area contributed by atoms with Crippen molar-refractivity contribution in [2.24, 2.45) is 0 Å².